The fourth-order valence-electron chi connectivity index (χ4n) is 1.42. The third-order valence-corrected chi connectivity index (χ3v) is 2.45. The largest absolute Gasteiger partial charge is 0.351 e. The number of nitrogens with one attached hydrogen (secondary N) is 2. The van der Waals surface area contributed by atoms with Crippen LogP contribution in [0.1, 0.15) is 12.0 Å². The van der Waals surface area contributed by atoms with Gasteiger partial charge in [-0.1, -0.05) is 30.3 Å². The molecule has 2 N–H and O–H groups in total. The van der Waals surface area contributed by atoms with E-state index in [9.17, 15) is 4.79 Å². The van der Waals surface area contributed by atoms with E-state index in [1.807, 2.05) is 30.3 Å². The van der Waals surface area contributed by atoms with Crippen molar-refractivity contribution < 1.29 is 4.79 Å². The second-order valence-electron chi connectivity index (χ2n) is 3.50. The summed E-state index contributed by atoms with van der Waals surface area (Å²) < 4.78 is 0. The van der Waals surface area contributed by atoms with Gasteiger partial charge in [-0.25, -0.2) is 0 Å². The Bertz CT molecular complexity index is 306. The van der Waals surface area contributed by atoms with Crippen LogP contribution in [0.15, 0.2) is 30.3 Å². The minimum Gasteiger partial charge on any atom is -0.351 e. The molecule has 0 radical (unpaired) electrons. The summed E-state index contributed by atoms with van der Waals surface area (Å²) in [5.41, 5.74) is 1.14. The monoisotopic (exact) mass is 190 g/mol. The lowest BCUT2D eigenvalue weighted by Gasteiger charge is -2.26. The lowest BCUT2D eigenvalue weighted by atomic mass is 10.1. The lowest BCUT2D eigenvalue weighted by Crippen LogP contribution is -2.52. The Morgan fingerprint density at radius 1 is 1.43 bits per heavy atom. The Morgan fingerprint density at radius 2 is 2.14 bits per heavy atom. The highest BCUT2D eigenvalue weighted by Gasteiger charge is 2.23. The Morgan fingerprint density at radius 3 is 2.71 bits per heavy atom. The fraction of sp³-hybridized carbons (Fsp3) is 0.364. The highest BCUT2D eigenvalue weighted by atomic mass is 16.2. The van der Waals surface area contributed by atoms with Crippen LogP contribution < -0.4 is 10.6 Å². The first-order valence-corrected chi connectivity index (χ1v) is 4.91. The number of amides is 1. The average Bonchev–Trinajstić information content (AvgIpc) is 2.14. The van der Waals surface area contributed by atoms with Crippen molar-refractivity contribution in [2.45, 2.75) is 19.0 Å². The summed E-state index contributed by atoms with van der Waals surface area (Å²) >= 11 is 0. The van der Waals surface area contributed by atoms with E-state index in [1.165, 1.54) is 0 Å². The van der Waals surface area contributed by atoms with Gasteiger partial charge in [0.15, 0.2) is 0 Å². The van der Waals surface area contributed by atoms with Crippen molar-refractivity contribution in [1.82, 2.24) is 10.6 Å². The van der Waals surface area contributed by atoms with Crippen LogP contribution in [0.3, 0.4) is 0 Å². The smallest absolute Gasteiger partial charge is 0.237 e. The highest BCUT2D eigenvalue weighted by molar-refractivity contribution is 5.82. The molecule has 1 amide bonds. The van der Waals surface area contributed by atoms with Crippen molar-refractivity contribution >= 4 is 5.91 Å². The molecule has 3 nitrogen and oxygen atoms in total. The van der Waals surface area contributed by atoms with E-state index >= 15 is 0 Å². The van der Waals surface area contributed by atoms with Crippen LogP contribution in [-0.4, -0.2) is 18.5 Å². The van der Waals surface area contributed by atoms with Gasteiger partial charge in [0, 0.05) is 6.54 Å². The predicted molar refractivity (Wildman–Crippen MR) is 54.7 cm³/mol. The summed E-state index contributed by atoms with van der Waals surface area (Å²) in [6.07, 6.45) is 0.959. The Kier molecular flexibility index (Phi) is 2.79. The summed E-state index contributed by atoms with van der Waals surface area (Å²) in [5.74, 6) is 0.111. The molecule has 1 heterocycles. The van der Waals surface area contributed by atoms with Gasteiger partial charge in [-0.15, -0.1) is 0 Å². The summed E-state index contributed by atoms with van der Waals surface area (Å²) in [6, 6.07) is 9.98. The van der Waals surface area contributed by atoms with E-state index < -0.39 is 0 Å². The molecule has 3 heteroatoms. The molecule has 1 fully saturated rings. The quantitative estimate of drug-likeness (QED) is 0.735. The SMILES string of the molecule is O=C(NCc1ccccc1)[C@@H]1CCN1. The van der Waals surface area contributed by atoms with E-state index in [2.05, 4.69) is 10.6 Å². The van der Waals surface area contributed by atoms with Crippen LogP contribution >= 0.6 is 0 Å². The molecule has 0 saturated carbocycles. The van der Waals surface area contributed by atoms with Crippen molar-refractivity contribution in [2.24, 2.45) is 0 Å². The zero-order valence-corrected chi connectivity index (χ0v) is 7.99. The predicted octanol–water partition coefficient (Wildman–Crippen LogP) is 0.665. The third kappa shape index (κ3) is 2.12. The standard InChI is InChI=1S/C11H14N2O/c14-11(10-6-7-12-10)13-8-9-4-2-1-3-5-9/h1-5,10,12H,6-8H2,(H,13,14)/t10-/m0/s1. The molecule has 1 aromatic carbocycles. The fourth-order valence-corrected chi connectivity index (χ4v) is 1.42. The van der Waals surface area contributed by atoms with E-state index in [0.717, 1.165) is 18.5 Å². The molecule has 1 aliphatic heterocycles. The van der Waals surface area contributed by atoms with Crippen LogP contribution in [0.5, 0.6) is 0 Å². The molecule has 1 saturated heterocycles. The zero-order chi connectivity index (χ0) is 9.80. The second kappa shape index (κ2) is 4.24. The van der Waals surface area contributed by atoms with Crippen molar-refractivity contribution in [3.8, 4) is 0 Å². The van der Waals surface area contributed by atoms with Gasteiger partial charge in [-0.05, 0) is 18.5 Å². The molecule has 1 atom stereocenters. The van der Waals surface area contributed by atoms with E-state index in [4.69, 9.17) is 0 Å². The summed E-state index contributed by atoms with van der Waals surface area (Å²) in [6.45, 7) is 1.58. The zero-order valence-electron chi connectivity index (χ0n) is 7.99. The molecule has 1 aliphatic rings. The molecule has 0 unspecified atom stereocenters. The number of benzene rings is 1. The average molecular weight is 190 g/mol. The van der Waals surface area contributed by atoms with Crippen LogP contribution in [0.25, 0.3) is 0 Å². The van der Waals surface area contributed by atoms with E-state index in [0.29, 0.717) is 6.54 Å². The minimum atomic E-state index is 0.0405. The number of rotatable bonds is 3. The third-order valence-electron chi connectivity index (χ3n) is 2.45. The number of hydrogen-bond donors (Lipinski definition) is 2. The maximum atomic E-state index is 11.4. The van der Waals surface area contributed by atoms with Crippen LogP contribution in [-0.2, 0) is 11.3 Å². The van der Waals surface area contributed by atoms with E-state index in [1.54, 1.807) is 0 Å². The first kappa shape index (κ1) is 9.21. The highest BCUT2D eigenvalue weighted by Crippen LogP contribution is 2.02. The Labute approximate surface area is 83.5 Å². The molecule has 0 aliphatic carbocycles. The number of hydrogen-bond acceptors (Lipinski definition) is 2. The van der Waals surface area contributed by atoms with Gasteiger partial charge >= 0.3 is 0 Å². The van der Waals surface area contributed by atoms with Gasteiger partial charge in [-0.3, -0.25) is 4.79 Å². The van der Waals surface area contributed by atoms with Crippen LogP contribution in [0.2, 0.25) is 0 Å². The molecular weight excluding hydrogens is 176 g/mol. The first-order chi connectivity index (χ1) is 6.86. The topological polar surface area (TPSA) is 41.1 Å². The molecule has 0 spiro atoms. The second-order valence-corrected chi connectivity index (χ2v) is 3.50. The van der Waals surface area contributed by atoms with Crippen LogP contribution in [0, 0.1) is 0 Å². The number of carbonyl (C=O) groups is 1. The van der Waals surface area contributed by atoms with Crippen molar-refractivity contribution in [1.29, 1.82) is 0 Å². The van der Waals surface area contributed by atoms with Crippen LogP contribution in [0.4, 0.5) is 0 Å². The molecule has 2 rings (SSSR count). The van der Waals surface area contributed by atoms with Gasteiger partial charge < -0.3 is 10.6 Å². The molecule has 0 aromatic heterocycles. The molecular formula is C11H14N2O. The van der Waals surface area contributed by atoms with Gasteiger partial charge in [0.1, 0.15) is 0 Å². The Balaban J connectivity index is 1.79. The minimum absolute atomic E-state index is 0.0405. The maximum absolute atomic E-state index is 11.4. The first-order valence-electron chi connectivity index (χ1n) is 4.91. The van der Waals surface area contributed by atoms with Crippen molar-refractivity contribution in [2.75, 3.05) is 6.54 Å². The van der Waals surface area contributed by atoms with Gasteiger partial charge in [0.05, 0.1) is 6.04 Å². The van der Waals surface area contributed by atoms with Gasteiger partial charge in [-0.2, -0.15) is 0 Å². The summed E-state index contributed by atoms with van der Waals surface area (Å²) in [5, 5.41) is 5.97. The molecule has 74 valence electrons. The summed E-state index contributed by atoms with van der Waals surface area (Å²) in [4.78, 5) is 11.4. The van der Waals surface area contributed by atoms with E-state index in [-0.39, 0.29) is 11.9 Å². The normalized spacial score (nSPS) is 19.9. The number of carbonyl (C=O) groups excluding carboxylic acids is 1. The molecule has 0 bridgehead atoms. The lowest BCUT2D eigenvalue weighted by molar-refractivity contribution is -0.124. The van der Waals surface area contributed by atoms with Gasteiger partial charge in [0.2, 0.25) is 5.91 Å². The maximum Gasteiger partial charge on any atom is 0.237 e. The van der Waals surface area contributed by atoms with Crippen molar-refractivity contribution in [3.05, 3.63) is 35.9 Å². The molecule has 1 aromatic rings. The molecule has 14 heavy (non-hydrogen) atoms. The van der Waals surface area contributed by atoms with Gasteiger partial charge in [0.25, 0.3) is 0 Å². The summed E-state index contributed by atoms with van der Waals surface area (Å²) in [7, 11) is 0. The van der Waals surface area contributed by atoms with Crippen molar-refractivity contribution in [3.63, 3.8) is 0 Å². The Hall–Kier alpha value is -1.35.